The zero-order valence-electron chi connectivity index (χ0n) is 9.49. The van der Waals surface area contributed by atoms with Gasteiger partial charge in [-0.2, -0.15) is 0 Å². The Morgan fingerprint density at radius 2 is 2.00 bits per heavy atom. The van der Waals surface area contributed by atoms with Crippen LogP contribution in [-0.2, 0) is 4.74 Å². The van der Waals surface area contributed by atoms with Crippen molar-refractivity contribution in [1.82, 2.24) is 9.80 Å². The molecule has 1 atom stereocenters. The van der Waals surface area contributed by atoms with Gasteiger partial charge in [0.15, 0.2) is 0 Å². The van der Waals surface area contributed by atoms with E-state index in [9.17, 15) is 0 Å². The summed E-state index contributed by atoms with van der Waals surface area (Å²) in [6, 6.07) is 0. The summed E-state index contributed by atoms with van der Waals surface area (Å²) in [6.45, 7) is 6.37. The summed E-state index contributed by atoms with van der Waals surface area (Å²) in [4.78, 5) is 4.84. The lowest BCUT2D eigenvalue weighted by molar-refractivity contribution is -0.0374. The van der Waals surface area contributed by atoms with Crippen molar-refractivity contribution in [3.8, 4) is 0 Å². The molecule has 2 aliphatic rings. The largest absolute Gasteiger partial charge is 0.374 e. The SMILES string of the molecule is CN1CCOC(CN2CCC(Cl)CC2)C1. The van der Waals surface area contributed by atoms with Crippen molar-refractivity contribution >= 4 is 11.6 Å². The molecule has 0 bridgehead atoms. The number of ether oxygens (including phenoxy) is 1. The third-order valence-electron chi connectivity index (χ3n) is 3.32. The van der Waals surface area contributed by atoms with Gasteiger partial charge in [-0.15, -0.1) is 11.6 Å². The Labute approximate surface area is 97.3 Å². The minimum absolute atomic E-state index is 0.399. The second-order valence-corrected chi connectivity index (χ2v) is 5.35. The number of piperidine rings is 1. The molecular formula is C11H21ClN2O. The van der Waals surface area contributed by atoms with Crippen molar-refractivity contribution in [3.63, 3.8) is 0 Å². The van der Waals surface area contributed by atoms with E-state index in [0.717, 1.165) is 52.2 Å². The maximum absolute atomic E-state index is 6.08. The van der Waals surface area contributed by atoms with Crippen molar-refractivity contribution in [1.29, 1.82) is 0 Å². The molecule has 0 aromatic rings. The molecule has 2 saturated heterocycles. The van der Waals surface area contributed by atoms with Gasteiger partial charge < -0.3 is 14.5 Å². The number of rotatable bonds is 2. The van der Waals surface area contributed by atoms with Gasteiger partial charge in [-0.25, -0.2) is 0 Å². The van der Waals surface area contributed by atoms with Crippen LogP contribution in [0.3, 0.4) is 0 Å². The summed E-state index contributed by atoms with van der Waals surface area (Å²) in [6.07, 6.45) is 2.66. The molecule has 2 heterocycles. The lowest BCUT2D eigenvalue weighted by Gasteiger charge is -2.36. The maximum atomic E-state index is 6.08. The molecule has 0 N–H and O–H groups in total. The number of nitrogens with zero attached hydrogens (tertiary/aromatic N) is 2. The van der Waals surface area contributed by atoms with Crippen molar-refractivity contribution in [2.24, 2.45) is 0 Å². The predicted octanol–water partition coefficient (Wildman–Crippen LogP) is 1.02. The molecule has 0 aromatic carbocycles. The molecule has 0 spiro atoms. The molecule has 0 saturated carbocycles. The predicted molar refractivity (Wildman–Crippen MR) is 62.6 cm³/mol. The zero-order valence-corrected chi connectivity index (χ0v) is 10.2. The number of hydrogen-bond acceptors (Lipinski definition) is 3. The van der Waals surface area contributed by atoms with Gasteiger partial charge in [0.05, 0.1) is 12.7 Å². The van der Waals surface area contributed by atoms with Crippen LogP contribution in [0.25, 0.3) is 0 Å². The van der Waals surface area contributed by atoms with Crippen LogP contribution in [0.4, 0.5) is 0 Å². The van der Waals surface area contributed by atoms with Crippen molar-refractivity contribution in [3.05, 3.63) is 0 Å². The molecule has 3 nitrogen and oxygen atoms in total. The summed E-state index contributed by atoms with van der Waals surface area (Å²) in [5.74, 6) is 0. The highest BCUT2D eigenvalue weighted by atomic mass is 35.5. The Morgan fingerprint density at radius 3 is 2.67 bits per heavy atom. The van der Waals surface area contributed by atoms with Gasteiger partial charge in [-0.05, 0) is 33.0 Å². The molecule has 2 aliphatic heterocycles. The maximum Gasteiger partial charge on any atom is 0.0829 e. The Hall–Kier alpha value is 0.170. The standard InChI is InChI=1S/C11H21ClN2O/c1-13-6-7-15-11(8-13)9-14-4-2-10(12)3-5-14/h10-11H,2-9H2,1H3. The highest BCUT2D eigenvalue weighted by Crippen LogP contribution is 2.16. The van der Waals surface area contributed by atoms with Crippen LogP contribution >= 0.6 is 11.6 Å². The first-order chi connectivity index (χ1) is 7.24. The molecule has 15 heavy (non-hydrogen) atoms. The van der Waals surface area contributed by atoms with Crippen LogP contribution in [0.5, 0.6) is 0 Å². The Balaban J connectivity index is 1.71. The number of morpholine rings is 1. The fraction of sp³-hybridized carbons (Fsp3) is 1.00. The minimum atomic E-state index is 0.399. The monoisotopic (exact) mass is 232 g/mol. The van der Waals surface area contributed by atoms with E-state index in [1.165, 1.54) is 0 Å². The van der Waals surface area contributed by atoms with E-state index in [1.54, 1.807) is 0 Å². The summed E-state index contributed by atoms with van der Waals surface area (Å²) in [7, 11) is 2.17. The van der Waals surface area contributed by atoms with Gasteiger partial charge >= 0.3 is 0 Å². The van der Waals surface area contributed by atoms with Crippen molar-refractivity contribution in [2.75, 3.05) is 46.4 Å². The van der Waals surface area contributed by atoms with Gasteiger partial charge in [0.1, 0.15) is 0 Å². The lowest BCUT2D eigenvalue weighted by atomic mass is 10.1. The number of likely N-dealkylation sites (tertiary alicyclic amines) is 1. The Kier molecular flexibility index (Phi) is 4.26. The van der Waals surface area contributed by atoms with E-state index in [-0.39, 0.29) is 0 Å². The number of likely N-dealkylation sites (N-methyl/N-ethyl adjacent to an activating group) is 1. The van der Waals surface area contributed by atoms with E-state index in [4.69, 9.17) is 16.3 Å². The first-order valence-corrected chi connectivity index (χ1v) is 6.34. The molecule has 2 rings (SSSR count). The lowest BCUT2D eigenvalue weighted by Crippen LogP contribution is -2.47. The zero-order chi connectivity index (χ0) is 10.7. The van der Waals surface area contributed by atoms with Gasteiger partial charge in [0.2, 0.25) is 0 Å². The van der Waals surface area contributed by atoms with E-state index in [0.29, 0.717) is 11.5 Å². The van der Waals surface area contributed by atoms with Crippen LogP contribution in [0.1, 0.15) is 12.8 Å². The van der Waals surface area contributed by atoms with Crippen LogP contribution in [-0.4, -0.2) is 67.7 Å². The first kappa shape index (κ1) is 11.6. The van der Waals surface area contributed by atoms with Crippen molar-refractivity contribution in [2.45, 2.75) is 24.3 Å². The average Bonchev–Trinajstić information content (AvgIpc) is 2.22. The van der Waals surface area contributed by atoms with Gasteiger partial charge in [-0.3, -0.25) is 0 Å². The number of hydrogen-bond donors (Lipinski definition) is 0. The molecule has 2 fully saturated rings. The molecule has 0 amide bonds. The smallest absolute Gasteiger partial charge is 0.0829 e. The molecule has 4 heteroatoms. The summed E-state index contributed by atoms with van der Waals surface area (Å²) in [5, 5.41) is 0.399. The Morgan fingerprint density at radius 1 is 1.27 bits per heavy atom. The van der Waals surface area contributed by atoms with Gasteiger partial charge in [0, 0.05) is 25.0 Å². The van der Waals surface area contributed by atoms with E-state index >= 15 is 0 Å². The van der Waals surface area contributed by atoms with Crippen LogP contribution < -0.4 is 0 Å². The summed E-state index contributed by atoms with van der Waals surface area (Å²) < 4.78 is 5.76. The molecule has 0 aliphatic carbocycles. The quantitative estimate of drug-likeness (QED) is 0.662. The normalized spacial score (nSPS) is 32.0. The van der Waals surface area contributed by atoms with Crippen LogP contribution in [0.2, 0.25) is 0 Å². The van der Waals surface area contributed by atoms with Gasteiger partial charge in [-0.1, -0.05) is 0 Å². The highest BCUT2D eigenvalue weighted by molar-refractivity contribution is 6.20. The second kappa shape index (κ2) is 5.48. The molecule has 0 radical (unpaired) electrons. The molecule has 88 valence electrons. The topological polar surface area (TPSA) is 15.7 Å². The molecular weight excluding hydrogens is 212 g/mol. The molecule has 0 aromatic heterocycles. The fourth-order valence-electron chi connectivity index (χ4n) is 2.35. The van der Waals surface area contributed by atoms with Gasteiger partial charge in [0.25, 0.3) is 0 Å². The third kappa shape index (κ3) is 3.59. The second-order valence-electron chi connectivity index (χ2n) is 4.73. The highest BCUT2D eigenvalue weighted by Gasteiger charge is 2.23. The summed E-state index contributed by atoms with van der Waals surface area (Å²) in [5.41, 5.74) is 0. The van der Waals surface area contributed by atoms with Crippen molar-refractivity contribution < 1.29 is 4.74 Å². The Bertz CT molecular complexity index is 195. The number of alkyl halides is 1. The van der Waals surface area contributed by atoms with Crippen LogP contribution in [0, 0.1) is 0 Å². The van der Waals surface area contributed by atoms with E-state index in [2.05, 4.69) is 16.8 Å². The number of halogens is 1. The first-order valence-electron chi connectivity index (χ1n) is 5.90. The third-order valence-corrected chi connectivity index (χ3v) is 3.76. The van der Waals surface area contributed by atoms with E-state index < -0.39 is 0 Å². The summed E-state index contributed by atoms with van der Waals surface area (Å²) >= 11 is 6.08. The van der Waals surface area contributed by atoms with Crippen LogP contribution in [0.15, 0.2) is 0 Å². The average molecular weight is 233 g/mol. The fourth-order valence-corrected chi connectivity index (χ4v) is 2.54. The van der Waals surface area contributed by atoms with E-state index in [1.807, 2.05) is 0 Å². The minimum Gasteiger partial charge on any atom is -0.374 e. The molecule has 1 unspecified atom stereocenters.